The standard InChI is InChI=1S/C20H24N4O2/c1-14-17(20(26)24-11-10-23(3)19(25)15(24)2)7-4-8-18(14)22-13-16-6-5-9-21-12-16/h4-9,12,15,22H,10-11,13H2,1-3H3/t15-/m0/s1. The molecule has 1 aromatic heterocycles. The third-order valence-corrected chi connectivity index (χ3v) is 4.91. The van der Waals surface area contributed by atoms with Gasteiger partial charge in [0, 0.05) is 50.3 Å². The van der Waals surface area contributed by atoms with E-state index in [1.54, 1.807) is 30.0 Å². The molecule has 6 nitrogen and oxygen atoms in total. The zero-order valence-corrected chi connectivity index (χ0v) is 15.4. The van der Waals surface area contributed by atoms with Gasteiger partial charge in [-0.2, -0.15) is 0 Å². The zero-order valence-electron chi connectivity index (χ0n) is 15.4. The molecule has 1 saturated heterocycles. The van der Waals surface area contributed by atoms with E-state index in [2.05, 4.69) is 10.3 Å². The van der Waals surface area contributed by atoms with Crippen molar-refractivity contribution in [2.24, 2.45) is 0 Å². The van der Waals surface area contributed by atoms with E-state index in [4.69, 9.17) is 0 Å². The number of aromatic nitrogens is 1. The predicted octanol–water partition coefficient (Wildman–Crippen LogP) is 2.30. The number of nitrogens with zero attached hydrogens (tertiary/aromatic N) is 3. The highest BCUT2D eigenvalue weighted by atomic mass is 16.2. The molecule has 2 aromatic rings. The van der Waals surface area contributed by atoms with Crippen molar-refractivity contribution in [1.29, 1.82) is 0 Å². The lowest BCUT2D eigenvalue weighted by molar-refractivity contribution is -0.137. The minimum Gasteiger partial charge on any atom is -0.381 e. The number of amides is 2. The van der Waals surface area contributed by atoms with Crippen LogP contribution in [0.25, 0.3) is 0 Å². The fraction of sp³-hybridized carbons (Fsp3) is 0.350. The molecule has 26 heavy (non-hydrogen) atoms. The molecule has 0 aliphatic carbocycles. The van der Waals surface area contributed by atoms with Gasteiger partial charge in [-0.1, -0.05) is 12.1 Å². The molecular formula is C20H24N4O2. The Hall–Kier alpha value is -2.89. The van der Waals surface area contributed by atoms with Gasteiger partial charge in [0.25, 0.3) is 5.91 Å². The highest BCUT2D eigenvalue weighted by Gasteiger charge is 2.33. The minimum atomic E-state index is -0.437. The molecule has 0 spiro atoms. The molecule has 0 unspecified atom stereocenters. The normalized spacial score (nSPS) is 17.3. The van der Waals surface area contributed by atoms with Gasteiger partial charge in [0.2, 0.25) is 5.91 Å². The number of carbonyl (C=O) groups excluding carboxylic acids is 2. The molecule has 1 fully saturated rings. The van der Waals surface area contributed by atoms with Crippen molar-refractivity contribution in [1.82, 2.24) is 14.8 Å². The second kappa shape index (κ2) is 7.56. The molecule has 1 N–H and O–H groups in total. The Kier molecular flexibility index (Phi) is 5.21. The quantitative estimate of drug-likeness (QED) is 0.917. The number of pyridine rings is 1. The first-order chi connectivity index (χ1) is 12.5. The van der Waals surface area contributed by atoms with Crippen molar-refractivity contribution < 1.29 is 9.59 Å². The molecule has 1 aliphatic heterocycles. The number of piperazine rings is 1. The van der Waals surface area contributed by atoms with Crippen molar-refractivity contribution in [2.75, 3.05) is 25.5 Å². The smallest absolute Gasteiger partial charge is 0.254 e. The Balaban J connectivity index is 1.78. The first-order valence-corrected chi connectivity index (χ1v) is 8.77. The fourth-order valence-electron chi connectivity index (χ4n) is 3.20. The van der Waals surface area contributed by atoms with Gasteiger partial charge in [-0.25, -0.2) is 0 Å². The summed E-state index contributed by atoms with van der Waals surface area (Å²) in [6.45, 7) is 5.47. The predicted molar refractivity (Wildman–Crippen MR) is 101 cm³/mol. The van der Waals surface area contributed by atoms with Gasteiger partial charge in [-0.3, -0.25) is 14.6 Å². The molecule has 1 atom stereocenters. The largest absolute Gasteiger partial charge is 0.381 e. The van der Waals surface area contributed by atoms with Crippen LogP contribution >= 0.6 is 0 Å². The van der Waals surface area contributed by atoms with Gasteiger partial charge in [-0.05, 0) is 43.2 Å². The van der Waals surface area contributed by atoms with E-state index in [9.17, 15) is 9.59 Å². The fourth-order valence-corrected chi connectivity index (χ4v) is 3.20. The number of nitrogens with one attached hydrogen (secondary N) is 1. The summed E-state index contributed by atoms with van der Waals surface area (Å²) < 4.78 is 0. The van der Waals surface area contributed by atoms with Crippen LogP contribution in [0, 0.1) is 6.92 Å². The monoisotopic (exact) mass is 352 g/mol. The molecule has 0 radical (unpaired) electrons. The molecule has 136 valence electrons. The lowest BCUT2D eigenvalue weighted by Crippen LogP contribution is -2.56. The molecule has 3 rings (SSSR count). The summed E-state index contributed by atoms with van der Waals surface area (Å²) in [5.41, 5.74) is 3.50. The van der Waals surface area contributed by atoms with E-state index >= 15 is 0 Å². The van der Waals surface area contributed by atoms with Gasteiger partial charge in [0.05, 0.1) is 0 Å². The van der Waals surface area contributed by atoms with Crippen LogP contribution in [0.4, 0.5) is 5.69 Å². The van der Waals surface area contributed by atoms with E-state index in [0.29, 0.717) is 25.2 Å². The molecule has 2 amide bonds. The Morgan fingerprint density at radius 3 is 2.81 bits per heavy atom. The number of likely N-dealkylation sites (N-methyl/N-ethyl adjacent to an activating group) is 1. The van der Waals surface area contributed by atoms with Gasteiger partial charge in [0.15, 0.2) is 0 Å². The Morgan fingerprint density at radius 1 is 1.27 bits per heavy atom. The van der Waals surface area contributed by atoms with Crippen molar-refractivity contribution in [3.8, 4) is 0 Å². The van der Waals surface area contributed by atoms with Crippen molar-refractivity contribution in [2.45, 2.75) is 26.4 Å². The van der Waals surface area contributed by atoms with Gasteiger partial charge >= 0.3 is 0 Å². The number of hydrogen-bond acceptors (Lipinski definition) is 4. The molecule has 6 heteroatoms. The van der Waals surface area contributed by atoms with E-state index in [1.165, 1.54) is 0 Å². The van der Waals surface area contributed by atoms with Crippen LogP contribution in [0.1, 0.15) is 28.4 Å². The maximum Gasteiger partial charge on any atom is 0.254 e. The first-order valence-electron chi connectivity index (χ1n) is 8.77. The molecule has 2 heterocycles. The lowest BCUT2D eigenvalue weighted by atomic mass is 10.0. The second-order valence-corrected chi connectivity index (χ2v) is 6.63. The summed E-state index contributed by atoms with van der Waals surface area (Å²) in [6.07, 6.45) is 3.56. The van der Waals surface area contributed by atoms with Crippen LogP contribution in [-0.2, 0) is 11.3 Å². The maximum atomic E-state index is 13.0. The number of hydrogen-bond donors (Lipinski definition) is 1. The van der Waals surface area contributed by atoms with Crippen LogP contribution in [0.2, 0.25) is 0 Å². The number of benzene rings is 1. The maximum absolute atomic E-state index is 13.0. The van der Waals surface area contributed by atoms with Crippen LogP contribution in [0.3, 0.4) is 0 Å². The lowest BCUT2D eigenvalue weighted by Gasteiger charge is -2.37. The highest BCUT2D eigenvalue weighted by molar-refractivity contribution is 6.00. The van der Waals surface area contributed by atoms with E-state index in [-0.39, 0.29) is 11.8 Å². The summed E-state index contributed by atoms with van der Waals surface area (Å²) in [5.74, 6) is -0.116. The summed E-state index contributed by atoms with van der Waals surface area (Å²) in [5, 5.41) is 3.37. The third kappa shape index (κ3) is 3.54. The second-order valence-electron chi connectivity index (χ2n) is 6.63. The Labute approximate surface area is 153 Å². The molecular weight excluding hydrogens is 328 g/mol. The SMILES string of the molecule is Cc1c(NCc2cccnc2)cccc1C(=O)N1CCN(C)C(=O)[C@@H]1C. The molecule has 0 bridgehead atoms. The van der Waals surface area contributed by atoms with Gasteiger partial charge in [-0.15, -0.1) is 0 Å². The highest BCUT2D eigenvalue weighted by Crippen LogP contribution is 2.23. The molecule has 0 saturated carbocycles. The summed E-state index contributed by atoms with van der Waals surface area (Å²) in [7, 11) is 1.77. The van der Waals surface area contributed by atoms with Crippen LogP contribution < -0.4 is 5.32 Å². The van der Waals surface area contributed by atoms with Crippen LogP contribution in [0.15, 0.2) is 42.7 Å². The van der Waals surface area contributed by atoms with Crippen molar-refractivity contribution in [3.63, 3.8) is 0 Å². The minimum absolute atomic E-state index is 0.0203. The first kappa shape index (κ1) is 17.9. The number of anilines is 1. The number of carbonyl (C=O) groups is 2. The summed E-state index contributed by atoms with van der Waals surface area (Å²) in [4.78, 5) is 32.7. The third-order valence-electron chi connectivity index (χ3n) is 4.91. The molecule has 1 aromatic carbocycles. The average molecular weight is 352 g/mol. The summed E-state index contributed by atoms with van der Waals surface area (Å²) in [6, 6.07) is 9.11. The Bertz CT molecular complexity index is 807. The van der Waals surface area contributed by atoms with E-state index in [1.807, 2.05) is 43.5 Å². The zero-order chi connectivity index (χ0) is 18.7. The van der Waals surface area contributed by atoms with E-state index in [0.717, 1.165) is 16.8 Å². The van der Waals surface area contributed by atoms with Crippen LogP contribution in [-0.4, -0.2) is 52.8 Å². The Morgan fingerprint density at radius 2 is 2.08 bits per heavy atom. The molecule has 1 aliphatic rings. The average Bonchev–Trinajstić information content (AvgIpc) is 2.66. The summed E-state index contributed by atoms with van der Waals surface area (Å²) >= 11 is 0. The van der Waals surface area contributed by atoms with Crippen molar-refractivity contribution >= 4 is 17.5 Å². The van der Waals surface area contributed by atoms with Crippen LogP contribution in [0.5, 0.6) is 0 Å². The topological polar surface area (TPSA) is 65.5 Å². The van der Waals surface area contributed by atoms with Crippen molar-refractivity contribution in [3.05, 3.63) is 59.4 Å². The van der Waals surface area contributed by atoms with E-state index < -0.39 is 6.04 Å². The van der Waals surface area contributed by atoms with Gasteiger partial charge in [0.1, 0.15) is 6.04 Å². The number of rotatable bonds is 4. The van der Waals surface area contributed by atoms with Gasteiger partial charge < -0.3 is 15.1 Å².